The summed E-state index contributed by atoms with van der Waals surface area (Å²) in [6.07, 6.45) is 6.26. The van der Waals surface area contributed by atoms with E-state index in [-0.39, 0.29) is 18.0 Å². The van der Waals surface area contributed by atoms with Gasteiger partial charge in [-0.15, -0.1) is 0 Å². The van der Waals surface area contributed by atoms with Crippen molar-refractivity contribution >= 4 is 16.9 Å². The van der Waals surface area contributed by atoms with Crippen molar-refractivity contribution in [1.82, 2.24) is 19.7 Å². The minimum atomic E-state index is 0.105. The molecular formula is C20H29N5O. The number of nitrogens with two attached hydrogens (primary N) is 1. The van der Waals surface area contributed by atoms with Crippen LogP contribution in [-0.2, 0) is 0 Å². The molecule has 2 aliphatic rings. The predicted molar refractivity (Wildman–Crippen MR) is 102 cm³/mol. The number of hydrogen-bond donors (Lipinski definition) is 1. The molecule has 4 rings (SSSR count). The molecule has 2 fully saturated rings. The van der Waals surface area contributed by atoms with Crippen molar-refractivity contribution in [3.8, 4) is 0 Å². The van der Waals surface area contributed by atoms with E-state index < -0.39 is 0 Å². The van der Waals surface area contributed by atoms with Gasteiger partial charge in [0, 0.05) is 36.8 Å². The number of carbonyl (C=O) groups excluding carboxylic acids is 1. The summed E-state index contributed by atoms with van der Waals surface area (Å²) in [6.45, 7) is 7.79. The fraction of sp³-hybridized carbons (Fsp3) is 0.650. The topological polar surface area (TPSA) is 77.0 Å². The molecule has 1 aliphatic carbocycles. The van der Waals surface area contributed by atoms with Crippen molar-refractivity contribution in [1.29, 1.82) is 0 Å². The molecule has 0 bridgehead atoms. The highest BCUT2D eigenvalue weighted by Crippen LogP contribution is 2.40. The molecular weight excluding hydrogens is 326 g/mol. The van der Waals surface area contributed by atoms with Gasteiger partial charge in [-0.05, 0) is 58.4 Å². The minimum absolute atomic E-state index is 0.105. The highest BCUT2D eigenvalue weighted by Gasteiger charge is 2.31. The predicted octanol–water partition coefficient (Wildman–Crippen LogP) is 3.09. The van der Waals surface area contributed by atoms with Gasteiger partial charge in [-0.25, -0.2) is 9.67 Å². The zero-order valence-electron chi connectivity index (χ0n) is 16.0. The van der Waals surface area contributed by atoms with E-state index in [0.29, 0.717) is 11.8 Å². The van der Waals surface area contributed by atoms with E-state index >= 15 is 0 Å². The Kier molecular flexibility index (Phi) is 4.47. The molecule has 3 heterocycles. The summed E-state index contributed by atoms with van der Waals surface area (Å²) in [5, 5.41) is 5.38. The quantitative estimate of drug-likeness (QED) is 0.914. The molecule has 2 unspecified atom stereocenters. The molecule has 1 saturated heterocycles. The Balaban J connectivity index is 1.74. The third kappa shape index (κ3) is 3.11. The number of likely N-dealkylation sites (tertiary alicyclic amines) is 1. The van der Waals surface area contributed by atoms with Crippen LogP contribution in [0, 0.1) is 5.92 Å². The smallest absolute Gasteiger partial charge is 0.254 e. The summed E-state index contributed by atoms with van der Waals surface area (Å²) in [6, 6.07) is 2.35. The maximum atomic E-state index is 13.4. The molecule has 0 spiro atoms. The molecule has 1 saturated carbocycles. The molecule has 1 amide bonds. The lowest BCUT2D eigenvalue weighted by atomic mass is 9.91. The first-order valence-corrected chi connectivity index (χ1v) is 9.88. The van der Waals surface area contributed by atoms with Crippen molar-refractivity contribution in [2.24, 2.45) is 11.7 Å². The van der Waals surface area contributed by atoms with Crippen LogP contribution in [-0.4, -0.2) is 44.7 Å². The Labute approximate surface area is 154 Å². The molecule has 140 valence electrons. The Bertz CT molecular complexity index is 821. The second-order valence-corrected chi connectivity index (χ2v) is 8.30. The van der Waals surface area contributed by atoms with Crippen LogP contribution >= 0.6 is 0 Å². The summed E-state index contributed by atoms with van der Waals surface area (Å²) in [7, 11) is 0. The number of pyridine rings is 1. The second-order valence-electron chi connectivity index (χ2n) is 8.30. The summed E-state index contributed by atoms with van der Waals surface area (Å²) < 4.78 is 1.93. The van der Waals surface area contributed by atoms with Gasteiger partial charge in [0.15, 0.2) is 5.65 Å². The van der Waals surface area contributed by atoms with Crippen LogP contribution in [0.4, 0.5) is 0 Å². The van der Waals surface area contributed by atoms with Crippen LogP contribution in [0.2, 0.25) is 0 Å². The Morgan fingerprint density at radius 2 is 2.04 bits per heavy atom. The molecule has 2 N–H and O–H groups in total. The van der Waals surface area contributed by atoms with Crippen molar-refractivity contribution in [2.45, 2.75) is 64.5 Å². The molecule has 0 aromatic carbocycles. The maximum Gasteiger partial charge on any atom is 0.254 e. The van der Waals surface area contributed by atoms with E-state index in [1.165, 1.54) is 12.8 Å². The summed E-state index contributed by atoms with van der Waals surface area (Å²) in [5.41, 5.74) is 8.75. The van der Waals surface area contributed by atoms with Gasteiger partial charge in [0.05, 0.1) is 17.1 Å². The summed E-state index contributed by atoms with van der Waals surface area (Å²) >= 11 is 0. The zero-order valence-corrected chi connectivity index (χ0v) is 16.0. The average molecular weight is 355 g/mol. The van der Waals surface area contributed by atoms with Crippen molar-refractivity contribution < 1.29 is 4.79 Å². The molecule has 2 aromatic rings. The molecule has 1 aliphatic heterocycles. The van der Waals surface area contributed by atoms with Crippen LogP contribution in [0.5, 0.6) is 0 Å². The highest BCUT2D eigenvalue weighted by molar-refractivity contribution is 6.05. The van der Waals surface area contributed by atoms with Crippen LogP contribution in [0.25, 0.3) is 11.0 Å². The summed E-state index contributed by atoms with van der Waals surface area (Å²) in [4.78, 5) is 20.2. The van der Waals surface area contributed by atoms with Gasteiger partial charge >= 0.3 is 0 Å². The number of hydrogen-bond acceptors (Lipinski definition) is 4. The van der Waals surface area contributed by atoms with Crippen LogP contribution < -0.4 is 5.73 Å². The van der Waals surface area contributed by atoms with Gasteiger partial charge in [-0.1, -0.05) is 0 Å². The fourth-order valence-corrected chi connectivity index (χ4v) is 3.97. The van der Waals surface area contributed by atoms with Gasteiger partial charge in [-0.2, -0.15) is 5.10 Å². The van der Waals surface area contributed by atoms with Gasteiger partial charge < -0.3 is 10.6 Å². The molecule has 2 atom stereocenters. The van der Waals surface area contributed by atoms with E-state index in [2.05, 4.69) is 18.9 Å². The Hall–Kier alpha value is -1.95. The monoisotopic (exact) mass is 355 g/mol. The van der Waals surface area contributed by atoms with Gasteiger partial charge in [0.2, 0.25) is 0 Å². The van der Waals surface area contributed by atoms with E-state index in [9.17, 15) is 4.79 Å². The number of aromatic nitrogens is 3. The van der Waals surface area contributed by atoms with Crippen molar-refractivity contribution in [3.63, 3.8) is 0 Å². The van der Waals surface area contributed by atoms with Gasteiger partial charge in [0.25, 0.3) is 5.91 Å². The third-order valence-electron chi connectivity index (χ3n) is 5.79. The SMILES string of the molecule is CC(N)C1CCCN(C(=O)c2cc(C3CC3)nc3c2cnn3C(C)C)C1. The highest BCUT2D eigenvalue weighted by atomic mass is 16.2. The molecule has 6 nitrogen and oxygen atoms in total. The summed E-state index contributed by atoms with van der Waals surface area (Å²) in [5.74, 6) is 0.985. The number of amides is 1. The molecule has 0 radical (unpaired) electrons. The maximum absolute atomic E-state index is 13.4. The standard InChI is InChI=1S/C20H29N5O/c1-12(2)25-19-17(10-22-25)16(9-18(23-19)14-6-7-14)20(26)24-8-4-5-15(11-24)13(3)21/h9-10,12-15H,4-8,11,21H2,1-3H3. The van der Waals surface area contributed by atoms with Crippen LogP contribution in [0.15, 0.2) is 12.3 Å². The van der Waals surface area contributed by atoms with Gasteiger partial charge in [-0.3, -0.25) is 4.79 Å². The minimum Gasteiger partial charge on any atom is -0.338 e. The average Bonchev–Trinajstić information content (AvgIpc) is 3.39. The van der Waals surface area contributed by atoms with E-state index in [1.54, 1.807) is 6.20 Å². The van der Waals surface area contributed by atoms with Crippen molar-refractivity contribution in [3.05, 3.63) is 23.5 Å². The fourth-order valence-electron chi connectivity index (χ4n) is 3.97. The third-order valence-corrected chi connectivity index (χ3v) is 5.79. The number of nitrogens with zero attached hydrogens (tertiary/aromatic N) is 4. The molecule has 2 aromatic heterocycles. The number of piperidine rings is 1. The first-order valence-electron chi connectivity index (χ1n) is 9.88. The lowest BCUT2D eigenvalue weighted by Crippen LogP contribution is -2.45. The van der Waals surface area contributed by atoms with Crippen LogP contribution in [0.3, 0.4) is 0 Å². The van der Waals surface area contributed by atoms with Crippen LogP contribution in [0.1, 0.15) is 74.5 Å². The number of carbonyl (C=O) groups is 1. The molecule has 26 heavy (non-hydrogen) atoms. The number of fused-ring (bicyclic) bond motifs is 1. The van der Waals surface area contributed by atoms with Gasteiger partial charge in [0.1, 0.15) is 0 Å². The van der Waals surface area contributed by atoms with E-state index in [1.807, 2.05) is 22.6 Å². The van der Waals surface area contributed by atoms with E-state index in [4.69, 9.17) is 10.7 Å². The zero-order chi connectivity index (χ0) is 18.4. The number of rotatable bonds is 4. The molecule has 6 heteroatoms. The van der Waals surface area contributed by atoms with Crippen molar-refractivity contribution in [2.75, 3.05) is 13.1 Å². The first-order chi connectivity index (χ1) is 12.5. The Morgan fingerprint density at radius 3 is 2.69 bits per heavy atom. The Morgan fingerprint density at radius 1 is 1.27 bits per heavy atom. The lowest BCUT2D eigenvalue weighted by molar-refractivity contribution is 0.0663. The lowest BCUT2D eigenvalue weighted by Gasteiger charge is -2.34. The van der Waals surface area contributed by atoms with E-state index in [0.717, 1.165) is 48.2 Å². The first kappa shape index (κ1) is 17.5. The normalized spacial score (nSPS) is 22.2. The largest absolute Gasteiger partial charge is 0.338 e. The second kappa shape index (κ2) is 6.65.